The Morgan fingerprint density at radius 1 is 1.23 bits per heavy atom. The second-order valence-corrected chi connectivity index (χ2v) is 7.71. The summed E-state index contributed by atoms with van der Waals surface area (Å²) in [6, 6.07) is 3.05. The Morgan fingerprint density at radius 2 is 1.97 bits per heavy atom. The lowest BCUT2D eigenvalue weighted by Crippen LogP contribution is -2.30. The number of halogens is 5. The first-order valence-corrected chi connectivity index (χ1v) is 10.0. The van der Waals surface area contributed by atoms with Crippen molar-refractivity contribution in [1.82, 2.24) is 9.29 Å². The van der Waals surface area contributed by atoms with Gasteiger partial charge in [-0.1, -0.05) is 0 Å². The number of carbonyl (C=O) groups is 1. The van der Waals surface area contributed by atoms with Gasteiger partial charge < -0.3 is 9.88 Å². The number of rotatable bonds is 6. The maximum atomic E-state index is 13.4. The first-order chi connectivity index (χ1) is 14.1. The van der Waals surface area contributed by atoms with E-state index in [1.165, 1.54) is 13.0 Å². The monoisotopic (exact) mass is 449 g/mol. The summed E-state index contributed by atoms with van der Waals surface area (Å²) in [7, 11) is 0. The lowest BCUT2D eigenvalue weighted by Gasteiger charge is -2.19. The maximum absolute atomic E-state index is 13.4. The molecule has 2 heterocycles. The molecule has 11 heteroatoms. The number of hydrogen-bond donors (Lipinski definition) is 2. The highest BCUT2D eigenvalue weighted by molar-refractivity contribution is 7.97. The fourth-order valence-corrected chi connectivity index (χ4v) is 4.31. The molecule has 1 amide bonds. The second kappa shape index (κ2) is 8.94. The van der Waals surface area contributed by atoms with E-state index in [1.54, 1.807) is 6.92 Å². The Labute approximate surface area is 174 Å². The number of amides is 1. The minimum absolute atomic E-state index is 0.101. The Hall–Kier alpha value is -2.11. The summed E-state index contributed by atoms with van der Waals surface area (Å²) in [5.74, 6) is -2.61. The lowest BCUT2D eigenvalue weighted by molar-refractivity contribution is -0.341. The van der Waals surface area contributed by atoms with Crippen LogP contribution in [-0.2, 0) is 17.7 Å². The zero-order valence-electron chi connectivity index (χ0n) is 16.2. The third kappa shape index (κ3) is 5.13. The molecule has 1 aliphatic heterocycles. The van der Waals surface area contributed by atoms with Gasteiger partial charge in [0, 0.05) is 28.9 Å². The average molecular weight is 449 g/mol. The highest BCUT2D eigenvalue weighted by Gasteiger charge is 2.33. The Morgan fingerprint density at radius 3 is 2.63 bits per heavy atom. The quantitative estimate of drug-likeness (QED) is 0.364. The fourth-order valence-electron chi connectivity index (χ4n) is 3.40. The highest BCUT2D eigenvalue weighted by Crippen LogP contribution is 2.35. The van der Waals surface area contributed by atoms with Gasteiger partial charge in [0.15, 0.2) is 11.6 Å². The Kier molecular flexibility index (Phi) is 6.73. The van der Waals surface area contributed by atoms with Crippen LogP contribution >= 0.6 is 11.9 Å². The second-order valence-electron chi connectivity index (χ2n) is 6.87. The van der Waals surface area contributed by atoms with Crippen molar-refractivity contribution in [3.63, 3.8) is 0 Å². The lowest BCUT2D eigenvalue weighted by atomic mass is 10.1. The molecule has 0 aliphatic carbocycles. The normalized spacial score (nSPS) is 15.0. The predicted octanol–water partition coefficient (Wildman–Crippen LogP) is 5.14. The molecule has 0 saturated carbocycles. The summed E-state index contributed by atoms with van der Waals surface area (Å²) >= 11 is 0.974. The number of nitrogens with zero attached hydrogens (tertiary/aromatic N) is 1. The summed E-state index contributed by atoms with van der Waals surface area (Å²) in [6.45, 7) is 3.51. The molecule has 1 aromatic carbocycles. The van der Waals surface area contributed by atoms with Crippen LogP contribution in [0.5, 0.6) is 0 Å². The van der Waals surface area contributed by atoms with Gasteiger partial charge in [0.2, 0.25) is 0 Å². The smallest absolute Gasteiger partial charge is 0.339 e. The van der Waals surface area contributed by atoms with Crippen LogP contribution in [0.15, 0.2) is 23.1 Å². The zero-order chi connectivity index (χ0) is 22.1. The van der Waals surface area contributed by atoms with Crippen molar-refractivity contribution in [1.29, 1.82) is 0 Å². The molecular formula is C19H20F5N3O2S. The molecule has 1 atom stereocenters. The molecular weight excluding hydrogens is 429 g/mol. The van der Waals surface area contributed by atoms with Crippen molar-refractivity contribution in [2.24, 2.45) is 0 Å². The van der Waals surface area contributed by atoms with E-state index < -0.39 is 30.1 Å². The number of aromatic nitrogens is 1. The van der Waals surface area contributed by atoms with E-state index >= 15 is 0 Å². The first-order valence-electron chi connectivity index (χ1n) is 9.22. The van der Waals surface area contributed by atoms with Gasteiger partial charge in [-0.2, -0.15) is 0 Å². The summed E-state index contributed by atoms with van der Waals surface area (Å²) in [4.78, 5) is 13.5. The predicted molar refractivity (Wildman–Crippen MR) is 102 cm³/mol. The van der Waals surface area contributed by atoms with E-state index in [4.69, 9.17) is 0 Å². The average Bonchev–Trinajstić information content (AvgIpc) is 2.93. The van der Waals surface area contributed by atoms with E-state index in [0.717, 1.165) is 42.6 Å². The molecule has 1 aromatic heterocycles. The number of nitrogens with one attached hydrogen (secondary N) is 2. The van der Waals surface area contributed by atoms with Gasteiger partial charge in [0.25, 0.3) is 5.91 Å². The van der Waals surface area contributed by atoms with Crippen molar-refractivity contribution in [2.75, 3.05) is 5.32 Å². The van der Waals surface area contributed by atoms with Gasteiger partial charge >= 0.3 is 6.36 Å². The summed E-state index contributed by atoms with van der Waals surface area (Å²) < 4.78 is 72.0. The molecule has 3 rings (SSSR count). The van der Waals surface area contributed by atoms with Crippen LogP contribution in [0.4, 0.5) is 27.6 Å². The highest BCUT2D eigenvalue weighted by atomic mass is 32.2. The molecule has 164 valence electrons. The number of carbonyl (C=O) groups excluding carboxylic acids is 1. The van der Waals surface area contributed by atoms with E-state index in [0.29, 0.717) is 29.1 Å². The van der Waals surface area contributed by atoms with E-state index in [-0.39, 0.29) is 5.69 Å². The van der Waals surface area contributed by atoms with Crippen LogP contribution in [0.1, 0.15) is 41.5 Å². The molecule has 0 fully saturated rings. The molecule has 5 nitrogen and oxygen atoms in total. The number of fused-ring (bicyclic) bond motifs is 1. The number of ether oxygens (including phenoxy) is 1. The molecule has 0 radical (unpaired) electrons. The molecule has 1 unspecified atom stereocenters. The van der Waals surface area contributed by atoms with Gasteiger partial charge in [0.05, 0.1) is 0 Å². The first kappa shape index (κ1) is 22.6. The van der Waals surface area contributed by atoms with Crippen LogP contribution in [0.2, 0.25) is 0 Å². The van der Waals surface area contributed by atoms with Crippen molar-refractivity contribution in [2.45, 2.75) is 57.1 Å². The van der Waals surface area contributed by atoms with Crippen molar-refractivity contribution >= 4 is 23.5 Å². The SMILES string of the molecule is Cc1c(SNC(C)OC(F)(F)F)c2n(c1C(=O)Nc1ccc(F)c(F)c1)CCCC2. The van der Waals surface area contributed by atoms with E-state index in [1.807, 2.05) is 4.57 Å². The van der Waals surface area contributed by atoms with Crippen molar-refractivity contribution in [3.05, 3.63) is 46.8 Å². The van der Waals surface area contributed by atoms with Gasteiger partial charge in [-0.05, 0) is 62.8 Å². The fraction of sp³-hybridized carbons (Fsp3) is 0.421. The largest absolute Gasteiger partial charge is 0.524 e. The Bertz CT molecular complexity index is 945. The van der Waals surface area contributed by atoms with Crippen LogP contribution < -0.4 is 10.0 Å². The van der Waals surface area contributed by atoms with Gasteiger partial charge in [0.1, 0.15) is 11.9 Å². The van der Waals surface area contributed by atoms with Crippen molar-refractivity contribution in [3.8, 4) is 0 Å². The summed E-state index contributed by atoms with van der Waals surface area (Å²) in [6.07, 6.45) is -3.67. The molecule has 30 heavy (non-hydrogen) atoms. The number of anilines is 1. The van der Waals surface area contributed by atoms with E-state index in [2.05, 4.69) is 14.8 Å². The molecule has 2 N–H and O–H groups in total. The maximum Gasteiger partial charge on any atom is 0.524 e. The standard InChI is InChI=1S/C19H20F5N3O2S/c1-10-16(18(28)25-12-6-7-13(20)14(21)9-12)27-8-4-3-5-15(27)17(10)30-26-11(2)29-19(22,23)24/h6-7,9,11,26H,3-5,8H2,1-2H3,(H,25,28). The van der Waals surface area contributed by atoms with Crippen LogP contribution in [0.3, 0.4) is 0 Å². The topological polar surface area (TPSA) is 55.3 Å². The molecule has 1 aliphatic rings. The summed E-state index contributed by atoms with van der Waals surface area (Å²) in [5, 5.41) is 2.56. The molecule has 0 spiro atoms. The molecule has 0 bridgehead atoms. The van der Waals surface area contributed by atoms with Crippen LogP contribution in [-0.4, -0.2) is 23.1 Å². The van der Waals surface area contributed by atoms with E-state index in [9.17, 15) is 26.7 Å². The molecule has 2 aromatic rings. The minimum Gasteiger partial charge on any atom is -0.339 e. The van der Waals surface area contributed by atoms with Gasteiger partial charge in [-0.25, -0.2) is 13.5 Å². The van der Waals surface area contributed by atoms with Crippen molar-refractivity contribution < 1.29 is 31.5 Å². The molecule has 0 saturated heterocycles. The number of benzene rings is 1. The minimum atomic E-state index is -4.77. The van der Waals surface area contributed by atoms with Crippen LogP contribution in [0, 0.1) is 18.6 Å². The van der Waals surface area contributed by atoms with Gasteiger partial charge in [-0.3, -0.25) is 9.53 Å². The zero-order valence-corrected chi connectivity index (χ0v) is 17.0. The number of alkyl halides is 3. The number of hydrogen-bond acceptors (Lipinski definition) is 4. The third-order valence-corrected chi connectivity index (χ3v) is 5.82. The van der Waals surface area contributed by atoms with Gasteiger partial charge in [-0.15, -0.1) is 13.2 Å². The third-order valence-electron chi connectivity index (χ3n) is 4.63. The summed E-state index contributed by atoms with van der Waals surface area (Å²) in [5.41, 5.74) is 1.86. The Balaban J connectivity index is 1.84. The van der Waals surface area contributed by atoms with Crippen LogP contribution in [0.25, 0.3) is 0 Å².